The SMILES string of the molecule is O=C(O)C1=CC=C([Si](C2=CC=C(C(=O)O)CC2)(c2ccc(C(=O)O)cc2)c2ccc(C(=O)O)cc2)CC1. The van der Waals surface area contributed by atoms with Crippen LogP contribution in [0, 0.1) is 0 Å². The summed E-state index contributed by atoms with van der Waals surface area (Å²) in [4.78, 5) is 46.3. The number of aromatic carboxylic acids is 2. The Balaban J connectivity index is 2.04. The summed E-state index contributed by atoms with van der Waals surface area (Å²) in [6, 6.07) is 13.1. The number of hydrogen-bond acceptors (Lipinski definition) is 4. The van der Waals surface area contributed by atoms with Crippen LogP contribution in [-0.4, -0.2) is 52.4 Å². The van der Waals surface area contributed by atoms with Crippen molar-refractivity contribution in [3.63, 3.8) is 0 Å². The van der Waals surface area contributed by atoms with E-state index in [0.717, 1.165) is 20.8 Å². The lowest BCUT2D eigenvalue weighted by atomic mass is 10.1. The number of benzene rings is 2. The Morgan fingerprint density at radius 3 is 1.08 bits per heavy atom. The van der Waals surface area contributed by atoms with Crippen molar-refractivity contribution in [2.75, 3.05) is 0 Å². The van der Waals surface area contributed by atoms with E-state index in [1.54, 1.807) is 36.4 Å². The monoisotopic (exact) mass is 516 g/mol. The fourth-order valence-corrected chi connectivity index (χ4v) is 10.3. The van der Waals surface area contributed by atoms with Crippen molar-refractivity contribution in [1.82, 2.24) is 0 Å². The van der Waals surface area contributed by atoms with Crippen molar-refractivity contribution >= 4 is 42.3 Å². The molecule has 0 saturated heterocycles. The molecular formula is C28H24O8Si. The van der Waals surface area contributed by atoms with Crippen LogP contribution in [0.1, 0.15) is 46.4 Å². The van der Waals surface area contributed by atoms with Gasteiger partial charge in [0.25, 0.3) is 0 Å². The second-order valence-electron chi connectivity index (χ2n) is 8.89. The Hall–Kier alpha value is -4.50. The first kappa shape index (κ1) is 25.6. The van der Waals surface area contributed by atoms with E-state index in [-0.39, 0.29) is 22.3 Å². The number of hydrogen-bond donors (Lipinski definition) is 4. The van der Waals surface area contributed by atoms with Crippen LogP contribution in [0.4, 0.5) is 0 Å². The molecule has 0 aromatic heterocycles. The highest BCUT2D eigenvalue weighted by Crippen LogP contribution is 2.36. The van der Waals surface area contributed by atoms with E-state index in [4.69, 9.17) is 0 Å². The van der Waals surface area contributed by atoms with Crippen LogP contribution in [0.25, 0.3) is 0 Å². The largest absolute Gasteiger partial charge is 0.478 e. The molecule has 0 aliphatic heterocycles. The van der Waals surface area contributed by atoms with Crippen molar-refractivity contribution in [2.24, 2.45) is 0 Å². The highest BCUT2D eigenvalue weighted by molar-refractivity contribution is 7.12. The smallest absolute Gasteiger partial charge is 0.335 e. The Bertz CT molecular complexity index is 1300. The molecule has 0 radical (unpaired) electrons. The van der Waals surface area contributed by atoms with Gasteiger partial charge in [0.1, 0.15) is 0 Å². The minimum absolute atomic E-state index is 0.115. The second-order valence-corrected chi connectivity index (χ2v) is 12.8. The van der Waals surface area contributed by atoms with Gasteiger partial charge < -0.3 is 20.4 Å². The van der Waals surface area contributed by atoms with Gasteiger partial charge in [-0.05, 0) is 60.3 Å². The molecular weight excluding hydrogens is 492 g/mol. The summed E-state index contributed by atoms with van der Waals surface area (Å²) in [7, 11) is -3.13. The quantitative estimate of drug-likeness (QED) is 0.391. The molecule has 0 fully saturated rings. The van der Waals surface area contributed by atoms with E-state index >= 15 is 0 Å². The van der Waals surface area contributed by atoms with Gasteiger partial charge in [0.15, 0.2) is 8.07 Å². The van der Waals surface area contributed by atoms with Crippen LogP contribution in [-0.2, 0) is 9.59 Å². The first-order valence-corrected chi connectivity index (χ1v) is 13.6. The van der Waals surface area contributed by atoms with Gasteiger partial charge in [-0.25, -0.2) is 19.2 Å². The van der Waals surface area contributed by atoms with Crippen LogP contribution in [0.15, 0.2) is 94.4 Å². The summed E-state index contributed by atoms with van der Waals surface area (Å²) in [6.45, 7) is 0. The van der Waals surface area contributed by atoms with E-state index in [2.05, 4.69) is 0 Å². The normalized spacial score (nSPS) is 15.6. The summed E-state index contributed by atoms with van der Waals surface area (Å²) < 4.78 is 0. The zero-order valence-electron chi connectivity index (χ0n) is 19.7. The van der Waals surface area contributed by atoms with Crippen LogP contribution < -0.4 is 10.4 Å². The molecule has 4 rings (SSSR count). The van der Waals surface area contributed by atoms with E-state index in [1.807, 2.05) is 12.2 Å². The number of carboxylic acid groups (broad SMARTS) is 4. The Labute approximate surface area is 213 Å². The lowest BCUT2D eigenvalue weighted by Gasteiger charge is -2.40. The zero-order chi connectivity index (χ0) is 26.7. The number of carbonyl (C=O) groups is 4. The summed E-state index contributed by atoms with van der Waals surface area (Å²) in [5.74, 6) is -4.13. The summed E-state index contributed by atoms with van der Waals surface area (Å²) in [5, 5.41) is 41.5. The molecule has 9 heteroatoms. The highest BCUT2D eigenvalue weighted by Gasteiger charge is 2.45. The minimum Gasteiger partial charge on any atom is -0.478 e. The van der Waals surface area contributed by atoms with Gasteiger partial charge in [-0.2, -0.15) is 0 Å². The molecule has 0 spiro atoms. The predicted molar refractivity (Wildman–Crippen MR) is 138 cm³/mol. The van der Waals surface area contributed by atoms with E-state index in [1.165, 1.54) is 24.3 Å². The van der Waals surface area contributed by atoms with E-state index < -0.39 is 32.0 Å². The topological polar surface area (TPSA) is 149 Å². The van der Waals surface area contributed by atoms with Crippen LogP contribution in [0.5, 0.6) is 0 Å². The second kappa shape index (κ2) is 10.2. The lowest BCUT2D eigenvalue weighted by Crippen LogP contribution is -2.62. The third kappa shape index (κ3) is 4.81. The standard InChI is InChI=1S/C28H24O8Si/c29-25(30)17-1-9-21(10-2-17)37(22-11-3-18(4-12-22)26(31)32,23-13-5-19(6-14-23)27(33)34)24-15-7-20(8-16-24)28(35)36/h1-5,7,9-13,15H,6,8,14,16H2,(H,29,30)(H,31,32)(H,33,34)(H,35,36). The molecule has 8 nitrogen and oxygen atoms in total. The highest BCUT2D eigenvalue weighted by atomic mass is 28.3. The van der Waals surface area contributed by atoms with Crippen molar-refractivity contribution in [3.8, 4) is 0 Å². The molecule has 188 valence electrons. The van der Waals surface area contributed by atoms with Gasteiger partial charge in [0.05, 0.1) is 11.1 Å². The van der Waals surface area contributed by atoms with Crippen LogP contribution in [0.3, 0.4) is 0 Å². The molecule has 0 bridgehead atoms. The fourth-order valence-electron chi connectivity index (χ4n) is 5.10. The molecule has 0 atom stereocenters. The maximum absolute atomic E-state index is 11.6. The Kier molecular flexibility index (Phi) is 7.08. The van der Waals surface area contributed by atoms with Crippen LogP contribution >= 0.6 is 0 Å². The molecule has 0 saturated carbocycles. The van der Waals surface area contributed by atoms with Crippen molar-refractivity contribution in [1.29, 1.82) is 0 Å². The molecule has 0 amide bonds. The van der Waals surface area contributed by atoms with Crippen molar-refractivity contribution < 1.29 is 39.6 Å². The van der Waals surface area contributed by atoms with Gasteiger partial charge in [0, 0.05) is 11.1 Å². The van der Waals surface area contributed by atoms with E-state index in [0.29, 0.717) is 25.7 Å². The molecule has 2 aliphatic carbocycles. The average molecular weight is 517 g/mol. The van der Waals surface area contributed by atoms with Gasteiger partial charge >= 0.3 is 23.9 Å². The maximum atomic E-state index is 11.6. The first-order valence-electron chi connectivity index (χ1n) is 11.6. The average Bonchev–Trinajstić information content (AvgIpc) is 2.90. The van der Waals surface area contributed by atoms with Gasteiger partial charge in [-0.15, -0.1) is 0 Å². The van der Waals surface area contributed by atoms with Gasteiger partial charge in [0.2, 0.25) is 0 Å². The molecule has 0 unspecified atom stereocenters. The van der Waals surface area contributed by atoms with Crippen molar-refractivity contribution in [3.05, 3.63) is 106 Å². The first-order chi connectivity index (χ1) is 17.6. The number of rotatable bonds is 8. The van der Waals surface area contributed by atoms with Gasteiger partial charge in [-0.3, -0.25) is 0 Å². The number of carboxylic acids is 4. The van der Waals surface area contributed by atoms with Crippen LogP contribution in [0.2, 0.25) is 0 Å². The third-order valence-electron chi connectivity index (χ3n) is 6.94. The molecule has 2 aromatic carbocycles. The number of allylic oxidation sites excluding steroid dienone is 6. The summed E-state index contributed by atoms with van der Waals surface area (Å²) in [6.07, 6.45) is 8.29. The zero-order valence-corrected chi connectivity index (χ0v) is 20.7. The lowest BCUT2D eigenvalue weighted by molar-refractivity contribution is -0.133. The summed E-state index contributed by atoms with van der Waals surface area (Å²) >= 11 is 0. The van der Waals surface area contributed by atoms with Gasteiger partial charge in [-0.1, -0.05) is 59.0 Å². The number of aliphatic carboxylic acids is 2. The molecule has 37 heavy (non-hydrogen) atoms. The molecule has 0 heterocycles. The Morgan fingerprint density at radius 2 is 0.838 bits per heavy atom. The predicted octanol–water partition coefficient (Wildman–Crippen LogP) is 3.19. The summed E-state index contributed by atoms with van der Waals surface area (Å²) in [5.41, 5.74) is 0.785. The fraction of sp³-hybridized carbons (Fsp3) is 0.143. The van der Waals surface area contributed by atoms with E-state index in [9.17, 15) is 39.6 Å². The molecule has 2 aromatic rings. The third-order valence-corrected chi connectivity index (χ3v) is 12.1. The Morgan fingerprint density at radius 1 is 0.486 bits per heavy atom. The molecule has 2 aliphatic rings. The van der Waals surface area contributed by atoms with Crippen molar-refractivity contribution in [2.45, 2.75) is 25.7 Å². The minimum atomic E-state index is -3.13. The molecule has 4 N–H and O–H groups in total. The maximum Gasteiger partial charge on any atom is 0.335 e.